The van der Waals surface area contributed by atoms with E-state index in [0.29, 0.717) is 22.7 Å². The van der Waals surface area contributed by atoms with Gasteiger partial charge >= 0.3 is 0 Å². The Labute approximate surface area is 197 Å². The molecule has 6 nitrogen and oxygen atoms in total. The number of ether oxygens (including phenoxy) is 2. The summed E-state index contributed by atoms with van der Waals surface area (Å²) in [5.41, 5.74) is 1.80. The zero-order valence-corrected chi connectivity index (χ0v) is 19.8. The van der Waals surface area contributed by atoms with Crippen molar-refractivity contribution >= 4 is 40.1 Å². The second kappa shape index (κ2) is 9.50. The number of amides is 2. The predicted octanol–water partition coefficient (Wildman–Crippen LogP) is 5.72. The van der Waals surface area contributed by atoms with E-state index in [2.05, 4.69) is 5.32 Å². The van der Waals surface area contributed by atoms with Crippen molar-refractivity contribution in [1.82, 2.24) is 0 Å². The Balaban J connectivity index is 1.65. The van der Waals surface area contributed by atoms with Gasteiger partial charge in [-0.05, 0) is 87.7 Å². The monoisotopic (exact) mass is 462 g/mol. The molecule has 1 N–H and O–H groups in total. The molecule has 0 spiro atoms. The van der Waals surface area contributed by atoms with Gasteiger partial charge in [-0.3, -0.25) is 9.59 Å². The molecule has 0 saturated heterocycles. The molecule has 0 unspecified atom stereocenters. The molecule has 4 rings (SSSR count). The molecule has 1 aromatic heterocycles. The highest BCUT2D eigenvalue weighted by Crippen LogP contribution is 2.36. The van der Waals surface area contributed by atoms with Crippen LogP contribution in [0.5, 0.6) is 11.5 Å². The van der Waals surface area contributed by atoms with E-state index < -0.39 is 5.91 Å². The molecule has 1 aliphatic heterocycles. The first-order chi connectivity index (χ1) is 15.8. The van der Waals surface area contributed by atoms with E-state index in [4.69, 9.17) is 9.47 Å². The summed E-state index contributed by atoms with van der Waals surface area (Å²) >= 11 is 1.42. The molecule has 2 aromatic carbocycles. The van der Waals surface area contributed by atoms with Gasteiger partial charge in [0, 0.05) is 10.6 Å². The Kier molecular flexibility index (Phi) is 6.51. The van der Waals surface area contributed by atoms with Crippen LogP contribution in [0.15, 0.2) is 71.7 Å². The maximum atomic E-state index is 13.4. The summed E-state index contributed by atoms with van der Waals surface area (Å²) in [5.74, 6) is 0.661. The van der Waals surface area contributed by atoms with Crippen LogP contribution < -0.4 is 19.7 Å². The van der Waals surface area contributed by atoms with E-state index in [1.54, 1.807) is 24.3 Å². The van der Waals surface area contributed by atoms with Crippen LogP contribution in [-0.2, 0) is 9.59 Å². The lowest BCUT2D eigenvalue weighted by molar-refractivity contribution is -0.120. The molecule has 0 radical (unpaired) electrons. The summed E-state index contributed by atoms with van der Waals surface area (Å²) in [5, 5.41) is 5.06. The Hall–Kier alpha value is -3.58. The van der Waals surface area contributed by atoms with Gasteiger partial charge in [-0.15, -0.1) is 11.3 Å². The predicted molar refractivity (Wildman–Crippen MR) is 132 cm³/mol. The summed E-state index contributed by atoms with van der Waals surface area (Å²) < 4.78 is 11.4. The number of hydrogen-bond acceptors (Lipinski definition) is 6. The van der Waals surface area contributed by atoms with E-state index in [1.165, 1.54) is 16.2 Å². The van der Waals surface area contributed by atoms with Crippen LogP contribution in [0.3, 0.4) is 0 Å². The second-order valence-electron chi connectivity index (χ2n) is 8.15. The summed E-state index contributed by atoms with van der Waals surface area (Å²) in [6.07, 6.45) is 0.1000. The number of carbonyl (C=O) groups is 2. The lowest BCUT2D eigenvalue weighted by Gasteiger charge is -2.17. The lowest BCUT2D eigenvalue weighted by Crippen LogP contribution is -2.32. The highest BCUT2D eigenvalue weighted by Gasteiger charge is 2.40. The molecular formula is C26H26N2O4S. The zero-order valence-electron chi connectivity index (χ0n) is 19.0. The molecule has 0 bridgehead atoms. The van der Waals surface area contributed by atoms with Crippen molar-refractivity contribution in [3.05, 3.63) is 76.6 Å². The molecule has 0 fully saturated rings. The summed E-state index contributed by atoms with van der Waals surface area (Å²) in [6.45, 7) is 7.81. The number of nitrogens with zero attached hydrogens (tertiary/aromatic N) is 1. The van der Waals surface area contributed by atoms with Gasteiger partial charge in [-0.25, -0.2) is 4.90 Å². The van der Waals surface area contributed by atoms with Gasteiger partial charge in [-0.2, -0.15) is 0 Å². The fourth-order valence-corrected chi connectivity index (χ4v) is 4.28. The lowest BCUT2D eigenvalue weighted by atomic mass is 10.2. The Morgan fingerprint density at radius 2 is 1.36 bits per heavy atom. The van der Waals surface area contributed by atoms with Gasteiger partial charge in [0.05, 0.1) is 23.5 Å². The van der Waals surface area contributed by atoms with E-state index >= 15 is 0 Å². The van der Waals surface area contributed by atoms with Crippen LogP contribution in [0.25, 0.3) is 5.57 Å². The Morgan fingerprint density at radius 1 is 0.788 bits per heavy atom. The van der Waals surface area contributed by atoms with Crippen LogP contribution in [0.2, 0.25) is 0 Å². The number of carbonyl (C=O) groups excluding carboxylic acids is 2. The van der Waals surface area contributed by atoms with Crippen molar-refractivity contribution < 1.29 is 19.1 Å². The molecule has 0 atom stereocenters. The highest BCUT2D eigenvalue weighted by molar-refractivity contribution is 7.11. The molecular weight excluding hydrogens is 436 g/mol. The second-order valence-corrected chi connectivity index (χ2v) is 9.10. The Bertz CT molecular complexity index is 1160. The third-order valence-electron chi connectivity index (χ3n) is 4.81. The van der Waals surface area contributed by atoms with Crippen LogP contribution in [-0.4, -0.2) is 24.0 Å². The van der Waals surface area contributed by atoms with Crippen molar-refractivity contribution in [2.75, 3.05) is 10.2 Å². The van der Waals surface area contributed by atoms with E-state index in [0.717, 1.165) is 10.6 Å². The topological polar surface area (TPSA) is 67.9 Å². The first-order valence-electron chi connectivity index (χ1n) is 10.8. The van der Waals surface area contributed by atoms with Crippen molar-refractivity contribution in [1.29, 1.82) is 0 Å². The van der Waals surface area contributed by atoms with Gasteiger partial charge in [0.1, 0.15) is 17.2 Å². The summed E-state index contributed by atoms with van der Waals surface area (Å²) in [7, 11) is 0. The molecule has 0 aliphatic carbocycles. The van der Waals surface area contributed by atoms with Crippen LogP contribution in [0, 0.1) is 0 Å². The van der Waals surface area contributed by atoms with E-state index in [1.807, 2.05) is 69.5 Å². The van der Waals surface area contributed by atoms with Gasteiger partial charge in [0.2, 0.25) is 0 Å². The maximum absolute atomic E-state index is 13.4. The summed E-state index contributed by atoms with van der Waals surface area (Å²) in [4.78, 5) is 28.8. The zero-order chi connectivity index (χ0) is 23.5. The van der Waals surface area contributed by atoms with Crippen molar-refractivity contribution in [3.8, 4) is 11.5 Å². The average Bonchev–Trinajstić information content (AvgIpc) is 3.36. The third kappa shape index (κ3) is 4.93. The number of imide groups is 1. The average molecular weight is 463 g/mol. The largest absolute Gasteiger partial charge is 0.491 e. The van der Waals surface area contributed by atoms with Gasteiger partial charge < -0.3 is 14.8 Å². The Morgan fingerprint density at radius 3 is 1.88 bits per heavy atom. The molecule has 2 amide bonds. The normalized spacial score (nSPS) is 13.9. The molecule has 3 aromatic rings. The smallest absolute Gasteiger partial charge is 0.282 e. The first kappa shape index (κ1) is 22.6. The third-order valence-corrected chi connectivity index (χ3v) is 5.70. The minimum atomic E-state index is -0.400. The molecule has 1 aliphatic rings. The van der Waals surface area contributed by atoms with Crippen LogP contribution in [0.1, 0.15) is 32.6 Å². The van der Waals surface area contributed by atoms with Gasteiger partial charge in [0.25, 0.3) is 11.8 Å². The van der Waals surface area contributed by atoms with Crippen LogP contribution >= 0.6 is 11.3 Å². The number of anilines is 2. The quantitative estimate of drug-likeness (QED) is 0.434. The molecule has 2 heterocycles. The molecule has 33 heavy (non-hydrogen) atoms. The van der Waals surface area contributed by atoms with Crippen molar-refractivity contribution in [2.45, 2.75) is 39.9 Å². The van der Waals surface area contributed by atoms with Crippen molar-refractivity contribution in [3.63, 3.8) is 0 Å². The summed E-state index contributed by atoms with van der Waals surface area (Å²) in [6, 6.07) is 18.0. The maximum Gasteiger partial charge on any atom is 0.282 e. The first-order valence-corrected chi connectivity index (χ1v) is 11.7. The number of benzene rings is 2. The number of hydrogen-bond donors (Lipinski definition) is 1. The molecule has 0 saturated carbocycles. The van der Waals surface area contributed by atoms with Gasteiger partial charge in [-0.1, -0.05) is 6.07 Å². The van der Waals surface area contributed by atoms with Crippen LogP contribution in [0.4, 0.5) is 11.4 Å². The fourth-order valence-electron chi connectivity index (χ4n) is 3.51. The van der Waals surface area contributed by atoms with E-state index in [9.17, 15) is 9.59 Å². The fraction of sp³-hybridized carbons (Fsp3) is 0.231. The minimum absolute atomic E-state index is 0.0335. The number of rotatable bonds is 8. The van der Waals surface area contributed by atoms with E-state index in [-0.39, 0.29) is 23.8 Å². The number of thiophene rings is 1. The minimum Gasteiger partial charge on any atom is -0.491 e. The SMILES string of the molecule is CC(C)Oc1ccc(NC2=C(c3cccs3)C(=O)N(c3ccc(OC(C)C)cc3)C2=O)cc1. The standard InChI is InChI=1S/C26H26N2O4S/c1-16(2)31-20-11-7-18(8-12-20)27-24-23(22-6-5-15-33-22)25(29)28(26(24)30)19-9-13-21(14-10-19)32-17(3)4/h5-17,27H,1-4H3. The highest BCUT2D eigenvalue weighted by atomic mass is 32.1. The molecule has 7 heteroatoms. The number of nitrogens with one attached hydrogen (secondary N) is 1. The van der Waals surface area contributed by atoms with Gasteiger partial charge in [0.15, 0.2) is 0 Å². The van der Waals surface area contributed by atoms with Crippen molar-refractivity contribution in [2.24, 2.45) is 0 Å². The molecule has 170 valence electrons.